The second-order valence-electron chi connectivity index (χ2n) is 9.73. The van der Waals surface area contributed by atoms with Crippen LogP contribution >= 0.6 is 0 Å². The minimum absolute atomic E-state index is 0.0243. The predicted octanol–water partition coefficient (Wildman–Crippen LogP) is 3.61. The van der Waals surface area contributed by atoms with Gasteiger partial charge in [0, 0.05) is 73.4 Å². The van der Waals surface area contributed by atoms with Crippen LogP contribution in [-0.2, 0) is 11.8 Å². The van der Waals surface area contributed by atoms with Gasteiger partial charge < -0.3 is 9.80 Å². The summed E-state index contributed by atoms with van der Waals surface area (Å²) in [6.45, 7) is 7.16. The van der Waals surface area contributed by atoms with Crippen molar-refractivity contribution in [2.75, 3.05) is 31.1 Å². The van der Waals surface area contributed by atoms with Gasteiger partial charge in [-0.05, 0) is 29.8 Å². The Morgan fingerprint density at radius 1 is 1.06 bits per heavy atom. The lowest BCUT2D eigenvalue weighted by molar-refractivity contribution is -0.139. The normalized spacial score (nSPS) is 16.2. The van der Waals surface area contributed by atoms with E-state index in [1.54, 1.807) is 15.4 Å². The first-order valence-electron chi connectivity index (χ1n) is 11.8. The van der Waals surface area contributed by atoms with Gasteiger partial charge in [0.25, 0.3) is 0 Å². The number of amides is 1. The summed E-state index contributed by atoms with van der Waals surface area (Å²) in [5, 5.41) is 18.2. The molecule has 0 radical (unpaired) electrons. The van der Waals surface area contributed by atoms with E-state index in [9.17, 15) is 10.1 Å². The van der Waals surface area contributed by atoms with Crippen molar-refractivity contribution in [1.29, 1.82) is 5.26 Å². The predicted molar refractivity (Wildman–Crippen MR) is 139 cm³/mol. The zero-order valence-electron chi connectivity index (χ0n) is 20.0. The molecule has 36 heavy (non-hydrogen) atoms. The maximum absolute atomic E-state index is 11.7. The molecule has 1 spiro atoms. The lowest BCUT2D eigenvalue weighted by Crippen LogP contribution is -2.73. The van der Waals surface area contributed by atoms with E-state index in [2.05, 4.69) is 64.2 Å². The third-order valence-electron chi connectivity index (χ3n) is 7.10. The molecular weight excluding hydrogens is 450 g/mol. The smallest absolute Gasteiger partial charge is 0.245 e. The first-order valence-corrected chi connectivity index (χ1v) is 11.8. The van der Waals surface area contributed by atoms with Crippen molar-refractivity contribution < 1.29 is 4.79 Å². The van der Waals surface area contributed by atoms with Crippen LogP contribution in [0.25, 0.3) is 28.8 Å². The monoisotopic (exact) mass is 475 g/mol. The molecule has 5 heterocycles. The molecule has 2 aliphatic heterocycles. The van der Waals surface area contributed by atoms with Gasteiger partial charge in [-0.3, -0.25) is 9.48 Å². The number of carbonyl (C=O) groups is 1. The summed E-state index contributed by atoms with van der Waals surface area (Å²) in [5.41, 5.74) is 6.72. The van der Waals surface area contributed by atoms with Crippen molar-refractivity contribution >= 4 is 29.3 Å². The Morgan fingerprint density at radius 2 is 1.83 bits per heavy atom. The maximum atomic E-state index is 11.7. The Labute approximate surface area is 209 Å². The average molecular weight is 476 g/mol. The van der Waals surface area contributed by atoms with Crippen molar-refractivity contribution in [2.24, 2.45) is 12.5 Å². The van der Waals surface area contributed by atoms with E-state index in [4.69, 9.17) is 0 Å². The molecule has 8 nitrogen and oxygen atoms in total. The molecule has 3 aromatic heterocycles. The molecule has 0 N–H and O–H groups in total. The lowest BCUT2D eigenvalue weighted by Gasteiger charge is -2.60. The first-order chi connectivity index (χ1) is 17.5. The van der Waals surface area contributed by atoms with Crippen LogP contribution in [0, 0.1) is 16.7 Å². The molecule has 6 rings (SSSR count). The van der Waals surface area contributed by atoms with Crippen LogP contribution in [0.3, 0.4) is 0 Å². The molecule has 2 fully saturated rings. The summed E-state index contributed by atoms with van der Waals surface area (Å²) >= 11 is 0. The minimum atomic E-state index is 0.0243. The summed E-state index contributed by atoms with van der Waals surface area (Å²) in [5.74, 6) is 0.0243. The van der Waals surface area contributed by atoms with E-state index < -0.39 is 0 Å². The fourth-order valence-corrected chi connectivity index (χ4v) is 5.27. The zero-order chi connectivity index (χ0) is 24.9. The van der Waals surface area contributed by atoms with Crippen LogP contribution in [-0.4, -0.2) is 56.4 Å². The zero-order valence-corrected chi connectivity index (χ0v) is 20.0. The van der Waals surface area contributed by atoms with Crippen molar-refractivity contribution in [3.05, 3.63) is 84.5 Å². The van der Waals surface area contributed by atoms with Crippen LogP contribution < -0.4 is 4.90 Å². The maximum Gasteiger partial charge on any atom is 0.245 e. The number of aromatic nitrogens is 4. The molecule has 0 aliphatic carbocycles. The van der Waals surface area contributed by atoms with E-state index in [1.807, 2.05) is 36.6 Å². The number of fused-ring (bicyclic) bond motifs is 1. The third kappa shape index (κ3) is 3.66. The molecule has 178 valence electrons. The largest absolute Gasteiger partial charge is 0.370 e. The van der Waals surface area contributed by atoms with Crippen LogP contribution in [0.1, 0.15) is 16.7 Å². The molecular formula is C28H25N7O. The molecule has 8 heteroatoms. The summed E-state index contributed by atoms with van der Waals surface area (Å²) in [6, 6.07) is 12.8. The lowest BCUT2D eigenvalue weighted by atomic mass is 9.72. The molecule has 2 aliphatic rings. The Bertz CT molecular complexity index is 1550. The number of benzene rings is 1. The summed E-state index contributed by atoms with van der Waals surface area (Å²) in [7, 11) is 1.89. The molecule has 0 unspecified atom stereocenters. The number of hydrogen-bond acceptors (Lipinski definition) is 5. The van der Waals surface area contributed by atoms with Gasteiger partial charge >= 0.3 is 0 Å². The quantitative estimate of drug-likeness (QED) is 0.412. The highest BCUT2D eigenvalue weighted by Crippen LogP contribution is 2.42. The second kappa shape index (κ2) is 8.24. The standard InChI is InChI=1S/C28H25N7O/c1-3-26(36)34-18-28(19-34)16-33(17-28)25-8-5-20(6-9-25)4-7-21-10-22(24-13-30-32(2)14-24)15-35-27(21)23(11-29)12-31-35/h3-10,12-15H,1,16-19H2,2H3/b7-4+. The third-order valence-corrected chi connectivity index (χ3v) is 7.10. The van der Waals surface area contributed by atoms with Crippen LogP contribution in [0.4, 0.5) is 5.69 Å². The number of nitrogens with zero attached hydrogens (tertiary/aromatic N) is 7. The van der Waals surface area contributed by atoms with E-state index in [1.165, 1.54) is 11.8 Å². The van der Waals surface area contributed by atoms with Crippen molar-refractivity contribution in [2.45, 2.75) is 0 Å². The average Bonchev–Trinajstić information content (AvgIpc) is 3.47. The minimum Gasteiger partial charge on any atom is -0.370 e. The number of anilines is 1. The fourth-order valence-electron chi connectivity index (χ4n) is 5.27. The van der Waals surface area contributed by atoms with Crippen LogP contribution in [0.2, 0.25) is 0 Å². The molecule has 1 amide bonds. The molecule has 0 bridgehead atoms. The van der Waals surface area contributed by atoms with Gasteiger partial charge in [-0.1, -0.05) is 30.9 Å². The molecule has 4 aromatic rings. The highest BCUT2D eigenvalue weighted by molar-refractivity contribution is 5.88. The van der Waals surface area contributed by atoms with E-state index in [-0.39, 0.29) is 11.3 Å². The number of pyridine rings is 1. The Balaban J connectivity index is 1.20. The number of rotatable bonds is 5. The van der Waals surface area contributed by atoms with E-state index in [0.717, 1.165) is 53.9 Å². The second-order valence-corrected chi connectivity index (χ2v) is 9.73. The number of likely N-dealkylation sites (tertiary alicyclic amines) is 1. The Hall–Kier alpha value is -4.64. The van der Waals surface area contributed by atoms with Gasteiger partial charge in [-0.25, -0.2) is 4.52 Å². The number of nitriles is 1. The Kier molecular flexibility index (Phi) is 5.00. The van der Waals surface area contributed by atoms with Crippen molar-refractivity contribution in [3.63, 3.8) is 0 Å². The molecule has 2 saturated heterocycles. The van der Waals surface area contributed by atoms with Crippen molar-refractivity contribution in [1.82, 2.24) is 24.3 Å². The van der Waals surface area contributed by atoms with Crippen LogP contribution in [0.5, 0.6) is 0 Å². The van der Waals surface area contributed by atoms with Gasteiger partial charge in [0.2, 0.25) is 5.91 Å². The molecule has 0 saturated carbocycles. The highest BCUT2D eigenvalue weighted by Gasteiger charge is 2.52. The van der Waals surface area contributed by atoms with E-state index in [0.29, 0.717) is 5.56 Å². The molecule has 1 aromatic carbocycles. The summed E-state index contributed by atoms with van der Waals surface area (Å²) < 4.78 is 3.52. The number of hydrogen-bond donors (Lipinski definition) is 0. The highest BCUT2D eigenvalue weighted by atomic mass is 16.2. The molecule has 0 atom stereocenters. The van der Waals surface area contributed by atoms with Gasteiger partial charge in [0.05, 0.1) is 23.5 Å². The number of aryl methyl sites for hydroxylation is 1. The van der Waals surface area contributed by atoms with Gasteiger partial charge in [0.15, 0.2) is 0 Å². The van der Waals surface area contributed by atoms with Crippen LogP contribution in [0.15, 0.2) is 67.8 Å². The fraction of sp³-hybridized carbons (Fsp3) is 0.214. The summed E-state index contributed by atoms with van der Waals surface area (Å²) in [6.07, 6.45) is 12.8. The van der Waals surface area contributed by atoms with Crippen molar-refractivity contribution in [3.8, 4) is 17.2 Å². The summed E-state index contributed by atoms with van der Waals surface area (Å²) in [4.78, 5) is 15.9. The van der Waals surface area contributed by atoms with Gasteiger partial charge in [0.1, 0.15) is 6.07 Å². The van der Waals surface area contributed by atoms with Gasteiger partial charge in [-0.2, -0.15) is 15.5 Å². The Morgan fingerprint density at radius 3 is 2.50 bits per heavy atom. The SMILES string of the molecule is C=CC(=O)N1CC2(C1)CN(c1ccc(/C=C/c3cc(-c4cnn(C)c4)cn4ncc(C#N)c34)cc1)C2. The number of carbonyl (C=O) groups excluding carboxylic acids is 1. The topological polar surface area (TPSA) is 82.5 Å². The van der Waals surface area contributed by atoms with Gasteiger partial charge in [-0.15, -0.1) is 0 Å². The van der Waals surface area contributed by atoms with E-state index >= 15 is 0 Å². The first kappa shape index (κ1) is 21.9.